The predicted octanol–water partition coefficient (Wildman–Crippen LogP) is 4.95. The van der Waals surface area contributed by atoms with Gasteiger partial charge < -0.3 is 14.8 Å². The fourth-order valence-electron chi connectivity index (χ4n) is 2.62. The Morgan fingerprint density at radius 3 is 2.43 bits per heavy atom. The molecule has 0 aromatic heterocycles. The molecule has 0 atom stereocenters. The van der Waals surface area contributed by atoms with Crippen LogP contribution in [-0.4, -0.2) is 30.2 Å². The Labute approximate surface area is 190 Å². The molecule has 8 heteroatoms. The van der Waals surface area contributed by atoms with Crippen LogP contribution in [0.1, 0.15) is 48.2 Å². The molecule has 30 heavy (non-hydrogen) atoms. The number of carbonyl (C=O) groups excluding carboxylic acids is 2. The van der Waals surface area contributed by atoms with Crippen LogP contribution in [0.15, 0.2) is 40.9 Å². The number of halogens is 1. The molecule has 2 N–H and O–H groups in total. The molecule has 0 fully saturated rings. The van der Waals surface area contributed by atoms with Crippen molar-refractivity contribution in [2.24, 2.45) is 0 Å². The van der Waals surface area contributed by atoms with Crippen LogP contribution >= 0.6 is 28.1 Å². The highest BCUT2D eigenvalue weighted by Gasteiger charge is 2.13. The van der Waals surface area contributed by atoms with E-state index in [9.17, 15) is 9.59 Å². The minimum atomic E-state index is -0.388. The molecule has 1 amide bonds. The van der Waals surface area contributed by atoms with E-state index < -0.39 is 0 Å². The van der Waals surface area contributed by atoms with E-state index in [1.165, 1.54) is 0 Å². The van der Waals surface area contributed by atoms with Gasteiger partial charge in [-0.1, -0.05) is 29.8 Å². The maximum absolute atomic E-state index is 12.2. The van der Waals surface area contributed by atoms with Crippen LogP contribution in [0.2, 0.25) is 0 Å². The fourth-order valence-corrected chi connectivity index (χ4v) is 3.21. The third-order valence-corrected chi connectivity index (χ3v) is 5.24. The summed E-state index contributed by atoms with van der Waals surface area (Å²) < 4.78 is 11.7. The van der Waals surface area contributed by atoms with Gasteiger partial charge in [0, 0.05) is 10.2 Å². The van der Waals surface area contributed by atoms with Crippen molar-refractivity contribution < 1.29 is 19.1 Å². The number of aryl methyl sites for hydroxylation is 1. The number of amides is 1. The Hall–Kier alpha value is -2.45. The molecule has 0 spiro atoms. The number of rotatable bonds is 7. The number of carbonyl (C=O) groups is 2. The van der Waals surface area contributed by atoms with Gasteiger partial charge in [-0.2, -0.15) is 0 Å². The van der Waals surface area contributed by atoms with E-state index in [-0.39, 0.29) is 29.5 Å². The van der Waals surface area contributed by atoms with Gasteiger partial charge in [0.2, 0.25) is 0 Å². The quantitative estimate of drug-likeness (QED) is 0.420. The number of hydrogen-bond acceptors (Lipinski definition) is 5. The third kappa shape index (κ3) is 6.81. The average molecular weight is 493 g/mol. The van der Waals surface area contributed by atoms with Crippen molar-refractivity contribution in [1.29, 1.82) is 0 Å². The van der Waals surface area contributed by atoms with E-state index in [0.717, 1.165) is 15.6 Å². The van der Waals surface area contributed by atoms with E-state index in [2.05, 4.69) is 40.4 Å². The maximum atomic E-state index is 12.2. The molecule has 0 saturated carbocycles. The highest BCUT2D eigenvalue weighted by molar-refractivity contribution is 9.10. The van der Waals surface area contributed by atoms with Gasteiger partial charge in [-0.05, 0) is 79.5 Å². The first kappa shape index (κ1) is 23.8. The molecule has 0 bridgehead atoms. The minimum absolute atomic E-state index is 0.142. The molecule has 0 radical (unpaired) electrons. The third-order valence-electron chi connectivity index (χ3n) is 4.18. The number of thiocarbonyl (C=S) groups is 1. The van der Waals surface area contributed by atoms with Crippen LogP contribution in [0.4, 0.5) is 5.69 Å². The minimum Gasteiger partial charge on any atom is -0.483 e. The molecular weight excluding hydrogens is 468 g/mol. The van der Waals surface area contributed by atoms with Crippen molar-refractivity contribution in [3.8, 4) is 5.75 Å². The Kier molecular flexibility index (Phi) is 8.80. The van der Waals surface area contributed by atoms with Crippen molar-refractivity contribution >= 4 is 50.8 Å². The first-order chi connectivity index (χ1) is 14.2. The molecule has 0 unspecified atom stereocenters. The zero-order chi connectivity index (χ0) is 22.3. The first-order valence-electron chi connectivity index (χ1n) is 9.52. The van der Waals surface area contributed by atoms with Gasteiger partial charge >= 0.3 is 5.97 Å². The number of ether oxygens (including phenoxy) is 2. The Balaban J connectivity index is 1.90. The number of hydrogen-bond donors (Lipinski definition) is 2. The largest absolute Gasteiger partial charge is 0.483 e. The summed E-state index contributed by atoms with van der Waals surface area (Å²) in [6.07, 6.45) is 0. The van der Waals surface area contributed by atoms with Crippen LogP contribution in [0.3, 0.4) is 0 Å². The van der Waals surface area contributed by atoms with Crippen molar-refractivity contribution in [1.82, 2.24) is 5.32 Å². The summed E-state index contributed by atoms with van der Waals surface area (Å²) in [7, 11) is 0. The molecule has 0 heterocycles. The fraction of sp³-hybridized carbons (Fsp3) is 0.318. The van der Waals surface area contributed by atoms with Crippen molar-refractivity contribution in [2.45, 2.75) is 33.6 Å². The standard InChI is InChI=1S/C22H25BrN2O4S/c1-5-28-21(27)15-6-8-16(9-7-15)24-22(30)25-20(26)12-29-19-10-14(4)18(23)11-17(19)13(2)3/h6-11,13H,5,12H2,1-4H3,(H2,24,25,26,30). The Morgan fingerprint density at radius 2 is 1.83 bits per heavy atom. The Morgan fingerprint density at radius 1 is 1.17 bits per heavy atom. The summed E-state index contributed by atoms with van der Waals surface area (Å²) in [6, 6.07) is 10.5. The zero-order valence-electron chi connectivity index (χ0n) is 17.4. The van der Waals surface area contributed by atoms with Gasteiger partial charge in [-0.3, -0.25) is 10.1 Å². The highest BCUT2D eigenvalue weighted by atomic mass is 79.9. The molecule has 160 valence electrons. The number of benzene rings is 2. The lowest BCUT2D eigenvalue weighted by molar-refractivity contribution is -0.121. The summed E-state index contributed by atoms with van der Waals surface area (Å²) in [5.74, 6) is 0.168. The van der Waals surface area contributed by atoms with E-state index in [1.54, 1.807) is 31.2 Å². The van der Waals surface area contributed by atoms with E-state index in [0.29, 0.717) is 23.6 Å². The lowest BCUT2D eigenvalue weighted by atomic mass is 10.0. The zero-order valence-corrected chi connectivity index (χ0v) is 19.8. The molecule has 2 rings (SSSR count). The summed E-state index contributed by atoms with van der Waals surface area (Å²) in [5.41, 5.74) is 3.12. The molecule has 2 aromatic rings. The van der Waals surface area contributed by atoms with Gasteiger partial charge in [0.25, 0.3) is 5.91 Å². The van der Waals surface area contributed by atoms with Gasteiger partial charge in [-0.15, -0.1) is 0 Å². The van der Waals surface area contributed by atoms with Crippen LogP contribution in [0.5, 0.6) is 5.75 Å². The molecule has 0 saturated heterocycles. The van der Waals surface area contributed by atoms with Crippen molar-refractivity contribution in [2.75, 3.05) is 18.5 Å². The lowest BCUT2D eigenvalue weighted by Gasteiger charge is -2.16. The van der Waals surface area contributed by atoms with E-state index in [4.69, 9.17) is 21.7 Å². The maximum Gasteiger partial charge on any atom is 0.338 e. The second kappa shape index (κ2) is 11.1. The number of nitrogens with one attached hydrogen (secondary N) is 2. The van der Waals surface area contributed by atoms with Crippen LogP contribution in [-0.2, 0) is 9.53 Å². The molecule has 0 aliphatic heterocycles. The van der Waals surface area contributed by atoms with Gasteiger partial charge in [0.15, 0.2) is 11.7 Å². The number of esters is 1. The predicted molar refractivity (Wildman–Crippen MR) is 125 cm³/mol. The summed E-state index contributed by atoms with van der Waals surface area (Å²) in [6.45, 7) is 8.00. The SMILES string of the molecule is CCOC(=O)c1ccc(NC(=S)NC(=O)COc2cc(C)c(Br)cc2C(C)C)cc1. The monoisotopic (exact) mass is 492 g/mol. The summed E-state index contributed by atoms with van der Waals surface area (Å²) >= 11 is 8.70. The van der Waals surface area contributed by atoms with Gasteiger partial charge in [-0.25, -0.2) is 4.79 Å². The van der Waals surface area contributed by atoms with Crippen LogP contribution in [0, 0.1) is 6.92 Å². The van der Waals surface area contributed by atoms with E-state index >= 15 is 0 Å². The van der Waals surface area contributed by atoms with Crippen molar-refractivity contribution in [3.05, 3.63) is 57.6 Å². The van der Waals surface area contributed by atoms with E-state index in [1.807, 2.05) is 19.1 Å². The second-order valence-electron chi connectivity index (χ2n) is 6.88. The summed E-state index contributed by atoms with van der Waals surface area (Å²) in [4.78, 5) is 23.9. The number of anilines is 1. The Bertz CT molecular complexity index is 929. The van der Waals surface area contributed by atoms with Gasteiger partial charge in [0.05, 0.1) is 12.2 Å². The molecular formula is C22H25BrN2O4S. The molecule has 2 aromatic carbocycles. The first-order valence-corrected chi connectivity index (χ1v) is 10.7. The van der Waals surface area contributed by atoms with Gasteiger partial charge in [0.1, 0.15) is 5.75 Å². The molecule has 0 aliphatic carbocycles. The van der Waals surface area contributed by atoms with Crippen molar-refractivity contribution in [3.63, 3.8) is 0 Å². The summed E-state index contributed by atoms with van der Waals surface area (Å²) in [5, 5.41) is 5.63. The van der Waals surface area contributed by atoms with Crippen LogP contribution < -0.4 is 15.4 Å². The normalized spacial score (nSPS) is 10.5. The molecule has 6 nitrogen and oxygen atoms in total. The smallest absolute Gasteiger partial charge is 0.338 e. The topological polar surface area (TPSA) is 76.7 Å². The highest BCUT2D eigenvalue weighted by Crippen LogP contribution is 2.32. The second-order valence-corrected chi connectivity index (χ2v) is 8.15. The lowest BCUT2D eigenvalue weighted by Crippen LogP contribution is -2.37. The average Bonchev–Trinajstić information content (AvgIpc) is 2.69. The van der Waals surface area contributed by atoms with Crippen LogP contribution in [0.25, 0.3) is 0 Å². The molecule has 0 aliphatic rings.